The lowest BCUT2D eigenvalue weighted by Crippen LogP contribution is -2.15. The van der Waals surface area contributed by atoms with Crippen molar-refractivity contribution in [1.29, 1.82) is 0 Å². The molecule has 0 bridgehead atoms. The zero-order chi connectivity index (χ0) is 17.9. The minimum Gasteiger partial charge on any atom is -0.441 e. The summed E-state index contributed by atoms with van der Waals surface area (Å²) in [6, 6.07) is 23.6. The van der Waals surface area contributed by atoms with Crippen LogP contribution in [0.3, 0.4) is 0 Å². The van der Waals surface area contributed by atoms with E-state index in [1.54, 1.807) is 0 Å². The fourth-order valence-electron chi connectivity index (χ4n) is 2.92. The first-order valence-corrected chi connectivity index (χ1v) is 8.49. The number of rotatable bonds is 4. The Bertz CT molecular complexity index is 1070. The summed E-state index contributed by atoms with van der Waals surface area (Å²) in [4.78, 5) is 16.9. The molecule has 0 saturated carbocycles. The molecule has 1 N–H and O–H groups in total. The molecule has 4 rings (SSSR count). The number of amides is 1. The van der Waals surface area contributed by atoms with Crippen molar-refractivity contribution < 1.29 is 9.21 Å². The van der Waals surface area contributed by atoms with E-state index in [9.17, 15) is 4.79 Å². The first-order chi connectivity index (χ1) is 12.7. The molecule has 0 aliphatic rings. The normalized spacial score (nSPS) is 10.8. The van der Waals surface area contributed by atoms with Crippen LogP contribution < -0.4 is 5.32 Å². The minimum absolute atomic E-state index is 0.115. The van der Waals surface area contributed by atoms with Gasteiger partial charge in [-0.3, -0.25) is 4.79 Å². The standard InChI is InChI=1S/C22H18N2O2/c1-15-20(24-22(26-15)17-8-3-2-4-9-17)14-21(25)23-19-12-11-16-7-5-6-10-18(16)13-19/h2-13H,14H2,1H3,(H,23,25). The molecule has 1 heterocycles. The summed E-state index contributed by atoms with van der Waals surface area (Å²) in [6.07, 6.45) is 0.176. The van der Waals surface area contributed by atoms with Gasteiger partial charge < -0.3 is 9.73 Å². The van der Waals surface area contributed by atoms with Crippen molar-refractivity contribution in [2.24, 2.45) is 0 Å². The van der Waals surface area contributed by atoms with Gasteiger partial charge in [0.1, 0.15) is 5.76 Å². The molecule has 4 heteroatoms. The molecule has 0 aliphatic carbocycles. The van der Waals surface area contributed by atoms with Crippen LogP contribution in [0.1, 0.15) is 11.5 Å². The number of aryl methyl sites for hydroxylation is 1. The van der Waals surface area contributed by atoms with Crippen LogP contribution in [-0.4, -0.2) is 10.9 Å². The number of oxazole rings is 1. The highest BCUT2D eigenvalue weighted by molar-refractivity contribution is 5.95. The summed E-state index contributed by atoms with van der Waals surface area (Å²) in [6.45, 7) is 1.83. The molecule has 0 fully saturated rings. The topological polar surface area (TPSA) is 55.1 Å². The molecular formula is C22H18N2O2. The third-order valence-electron chi connectivity index (χ3n) is 4.27. The van der Waals surface area contributed by atoms with Gasteiger partial charge in [0.25, 0.3) is 0 Å². The molecule has 4 aromatic rings. The van der Waals surface area contributed by atoms with E-state index in [0.29, 0.717) is 17.3 Å². The van der Waals surface area contributed by atoms with Gasteiger partial charge in [0.05, 0.1) is 12.1 Å². The molecule has 1 aromatic heterocycles. The number of hydrogen-bond donors (Lipinski definition) is 1. The second-order valence-corrected chi connectivity index (χ2v) is 6.17. The van der Waals surface area contributed by atoms with Crippen LogP contribution in [0.5, 0.6) is 0 Å². The molecule has 0 aliphatic heterocycles. The number of fused-ring (bicyclic) bond motifs is 1. The quantitative estimate of drug-likeness (QED) is 0.569. The van der Waals surface area contributed by atoms with E-state index in [1.807, 2.05) is 79.7 Å². The Balaban J connectivity index is 1.50. The number of hydrogen-bond acceptors (Lipinski definition) is 3. The number of carbonyl (C=O) groups is 1. The van der Waals surface area contributed by atoms with E-state index in [2.05, 4.69) is 10.3 Å². The predicted molar refractivity (Wildman–Crippen MR) is 103 cm³/mol. The van der Waals surface area contributed by atoms with E-state index in [4.69, 9.17) is 4.42 Å². The maximum absolute atomic E-state index is 12.4. The first kappa shape index (κ1) is 16.1. The summed E-state index contributed by atoms with van der Waals surface area (Å²) in [5, 5.41) is 5.17. The van der Waals surface area contributed by atoms with Gasteiger partial charge in [-0.25, -0.2) is 4.98 Å². The van der Waals surface area contributed by atoms with E-state index in [0.717, 1.165) is 22.0 Å². The fraction of sp³-hybridized carbons (Fsp3) is 0.0909. The molecule has 3 aromatic carbocycles. The van der Waals surface area contributed by atoms with Gasteiger partial charge in [-0.2, -0.15) is 0 Å². The molecule has 1 amide bonds. The molecule has 0 radical (unpaired) electrons. The van der Waals surface area contributed by atoms with Crippen LogP contribution >= 0.6 is 0 Å². The predicted octanol–water partition coefficient (Wildman–Crippen LogP) is 4.98. The summed E-state index contributed by atoms with van der Waals surface area (Å²) in [5.74, 6) is 1.09. The van der Waals surface area contributed by atoms with E-state index >= 15 is 0 Å². The third-order valence-corrected chi connectivity index (χ3v) is 4.27. The molecule has 0 unspecified atom stereocenters. The van der Waals surface area contributed by atoms with Crippen molar-refractivity contribution >= 4 is 22.4 Å². The number of anilines is 1. The Kier molecular flexibility index (Phi) is 4.23. The van der Waals surface area contributed by atoms with Gasteiger partial charge in [0.2, 0.25) is 11.8 Å². The molecule has 26 heavy (non-hydrogen) atoms. The second-order valence-electron chi connectivity index (χ2n) is 6.17. The molecule has 0 spiro atoms. The van der Waals surface area contributed by atoms with Crippen molar-refractivity contribution in [3.63, 3.8) is 0 Å². The lowest BCUT2D eigenvalue weighted by Gasteiger charge is -2.06. The van der Waals surface area contributed by atoms with Crippen LogP contribution in [-0.2, 0) is 11.2 Å². The van der Waals surface area contributed by atoms with Crippen LogP contribution in [0, 0.1) is 6.92 Å². The van der Waals surface area contributed by atoms with Crippen LogP contribution in [0.4, 0.5) is 5.69 Å². The lowest BCUT2D eigenvalue weighted by molar-refractivity contribution is -0.115. The van der Waals surface area contributed by atoms with Gasteiger partial charge in [0, 0.05) is 11.3 Å². The van der Waals surface area contributed by atoms with Crippen molar-refractivity contribution in [2.45, 2.75) is 13.3 Å². The zero-order valence-corrected chi connectivity index (χ0v) is 14.4. The molecular weight excluding hydrogens is 324 g/mol. The van der Waals surface area contributed by atoms with Gasteiger partial charge in [-0.1, -0.05) is 48.5 Å². The first-order valence-electron chi connectivity index (χ1n) is 8.49. The maximum Gasteiger partial charge on any atom is 0.230 e. The summed E-state index contributed by atoms with van der Waals surface area (Å²) in [7, 11) is 0. The molecule has 0 saturated heterocycles. The van der Waals surface area contributed by atoms with Crippen molar-refractivity contribution in [2.75, 3.05) is 5.32 Å². The zero-order valence-electron chi connectivity index (χ0n) is 14.4. The maximum atomic E-state index is 12.4. The average Bonchev–Trinajstić information content (AvgIpc) is 3.03. The Morgan fingerprint density at radius 1 is 0.962 bits per heavy atom. The van der Waals surface area contributed by atoms with E-state index < -0.39 is 0 Å². The largest absolute Gasteiger partial charge is 0.441 e. The van der Waals surface area contributed by atoms with Crippen LogP contribution in [0.25, 0.3) is 22.2 Å². The highest BCUT2D eigenvalue weighted by Gasteiger charge is 2.14. The molecule has 128 valence electrons. The number of benzene rings is 3. The SMILES string of the molecule is Cc1oc(-c2ccccc2)nc1CC(=O)Nc1ccc2ccccc2c1. The number of nitrogens with one attached hydrogen (secondary N) is 1. The summed E-state index contributed by atoms with van der Waals surface area (Å²) in [5.41, 5.74) is 2.33. The minimum atomic E-state index is -0.115. The van der Waals surface area contributed by atoms with Gasteiger partial charge >= 0.3 is 0 Å². The van der Waals surface area contributed by atoms with Crippen molar-refractivity contribution in [1.82, 2.24) is 4.98 Å². The second kappa shape index (κ2) is 6.84. The van der Waals surface area contributed by atoms with Crippen LogP contribution in [0.15, 0.2) is 77.2 Å². The Hall–Kier alpha value is -3.40. The summed E-state index contributed by atoms with van der Waals surface area (Å²) >= 11 is 0. The van der Waals surface area contributed by atoms with Gasteiger partial charge in [-0.15, -0.1) is 0 Å². The number of nitrogens with zero attached hydrogens (tertiary/aromatic N) is 1. The average molecular weight is 342 g/mol. The lowest BCUT2D eigenvalue weighted by atomic mass is 10.1. The third kappa shape index (κ3) is 3.35. The summed E-state index contributed by atoms with van der Waals surface area (Å²) < 4.78 is 5.72. The number of carbonyl (C=O) groups excluding carboxylic acids is 1. The molecule has 4 nitrogen and oxygen atoms in total. The van der Waals surface area contributed by atoms with E-state index in [-0.39, 0.29) is 12.3 Å². The van der Waals surface area contributed by atoms with Crippen molar-refractivity contribution in [3.05, 3.63) is 84.3 Å². The smallest absolute Gasteiger partial charge is 0.230 e. The number of aromatic nitrogens is 1. The highest BCUT2D eigenvalue weighted by Crippen LogP contribution is 2.22. The Labute approximate surface area is 151 Å². The Morgan fingerprint density at radius 2 is 1.69 bits per heavy atom. The van der Waals surface area contributed by atoms with Gasteiger partial charge in [-0.05, 0) is 42.0 Å². The molecule has 0 atom stereocenters. The van der Waals surface area contributed by atoms with Gasteiger partial charge in [0.15, 0.2) is 0 Å². The monoisotopic (exact) mass is 342 g/mol. The van der Waals surface area contributed by atoms with Crippen LogP contribution in [0.2, 0.25) is 0 Å². The Morgan fingerprint density at radius 3 is 2.50 bits per heavy atom. The van der Waals surface area contributed by atoms with E-state index in [1.165, 1.54) is 0 Å². The highest BCUT2D eigenvalue weighted by atomic mass is 16.4. The fourth-order valence-corrected chi connectivity index (χ4v) is 2.92. The van der Waals surface area contributed by atoms with Crippen molar-refractivity contribution in [3.8, 4) is 11.5 Å².